The van der Waals surface area contributed by atoms with E-state index in [0.29, 0.717) is 6.04 Å². The van der Waals surface area contributed by atoms with Crippen LogP contribution in [0.15, 0.2) is 0 Å². The second-order valence-corrected chi connectivity index (χ2v) is 5.18. The van der Waals surface area contributed by atoms with Crippen molar-refractivity contribution in [3.63, 3.8) is 0 Å². The lowest BCUT2D eigenvalue weighted by molar-refractivity contribution is -0.126. The van der Waals surface area contributed by atoms with Gasteiger partial charge in [-0.25, -0.2) is 0 Å². The highest BCUT2D eigenvalue weighted by atomic mass is 16.2. The Kier molecular flexibility index (Phi) is 4.74. The summed E-state index contributed by atoms with van der Waals surface area (Å²) >= 11 is 0. The molecule has 4 heteroatoms. The summed E-state index contributed by atoms with van der Waals surface area (Å²) < 4.78 is 0. The lowest BCUT2D eigenvalue weighted by Gasteiger charge is -2.27. The van der Waals surface area contributed by atoms with Crippen LogP contribution in [0.4, 0.5) is 0 Å². The standard InChI is InChI=1S/C12H25N3O/c1-10(15-7-5-6-8-15)9-14-11(16)12(2,3)13-4/h10,13H,5-9H2,1-4H3,(H,14,16). The lowest BCUT2D eigenvalue weighted by Crippen LogP contribution is -2.53. The molecular formula is C12H25N3O. The Balaban J connectivity index is 2.30. The van der Waals surface area contributed by atoms with E-state index in [1.54, 1.807) is 0 Å². The molecule has 0 aliphatic carbocycles. The average molecular weight is 227 g/mol. The molecule has 0 aromatic heterocycles. The molecule has 4 nitrogen and oxygen atoms in total. The minimum absolute atomic E-state index is 0.0704. The van der Waals surface area contributed by atoms with E-state index in [2.05, 4.69) is 22.5 Å². The molecule has 16 heavy (non-hydrogen) atoms. The Labute approximate surface area is 98.8 Å². The van der Waals surface area contributed by atoms with Crippen molar-refractivity contribution in [3.8, 4) is 0 Å². The maximum Gasteiger partial charge on any atom is 0.239 e. The molecule has 1 atom stereocenters. The molecule has 0 saturated carbocycles. The number of nitrogens with one attached hydrogen (secondary N) is 2. The quantitative estimate of drug-likeness (QED) is 0.722. The zero-order valence-electron chi connectivity index (χ0n) is 11.0. The Morgan fingerprint density at radius 3 is 2.44 bits per heavy atom. The van der Waals surface area contributed by atoms with Crippen molar-refractivity contribution >= 4 is 5.91 Å². The molecule has 1 saturated heterocycles. The van der Waals surface area contributed by atoms with E-state index in [9.17, 15) is 4.79 Å². The number of likely N-dealkylation sites (tertiary alicyclic amines) is 1. The van der Waals surface area contributed by atoms with Gasteiger partial charge in [0.1, 0.15) is 0 Å². The third kappa shape index (κ3) is 3.46. The summed E-state index contributed by atoms with van der Waals surface area (Å²) in [6.45, 7) is 9.05. The molecule has 1 aliphatic rings. The Morgan fingerprint density at radius 1 is 1.38 bits per heavy atom. The molecule has 1 aliphatic heterocycles. The van der Waals surface area contributed by atoms with Gasteiger partial charge in [-0.3, -0.25) is 9.69 Å². The summed E-state index contributed by atoms with van der Waals surface area (Å²) in [4.78, 5) is 14.3. The topological polar surface area (TPSA) is 44.4 Å². The predicted molar refractivity (Wildman–Crippen MR) is 66.4 cm³/mol. The molecular weight excluding hydrogens is 202 g/mol. The van der Waals surface area contributed by atoms with E-state index < -0.39 is 5.54 Å². The van der Waals surface area contributed by atoms with Gasteiger partial charge in [-0.15, -0.1) is 0 Å². The van der Waals surface area contributed by atoms with Crippen LogP contribution in [0.5, 0.6) is 0 Å². The van der Waals surface area contributed by atoms with Gasteiger partial charge >= 0.3 is 0 Å². The monoisotopic (exact) mass is 227 g/mol. The molecule has 0 aromatic carbocycles. The second kappa shape index (κ2) is 5.64. The van der Waals surface area contributed by atoms with Gasteiger partial charge in [-0.2, -0.15) is 0 Å². The number of carbonyl (C=O) groups excluding carboxylic acids is 1. The molecule has 0 radical (unpaired) electrons. The number of carbonyl (C=O) groups is 1. The first kappa shape index (κ1) is 13.5. The first-order valence-electron chi connectivity index (χ1n) is 6.18. The van der Waals surface area contributed by atoms with Crippen molar-refractivity contribution in [1.29, 1.82) is 0 Å². The van der Waals surface area contributed by atoms with Crippen molar-refractivity contribution in [1.82, 2.24) is 15.5 Å². The van der Waals surface area contributed by atoms with Gasteiger partial charge in [0, 0.05) is 12.6 Å². The van der Waals surface area contributed by atoms with E-state index >= 15 is 0 Å². The zero-order chi connectivity index (χ0) is 12.2. The van der Waals surface area contributed by atoms with Crippen molar-refractivity contribution in [2.45, 2.75) is 45.2 Å². The number of rotatable bonds is 5. The van der Waals surface area contributed by atoms with Gasteiger partial charge in [0.25, 0.3) is 0 Å². The molecule has 0 spiro atoms. The van der Waals surface area contributed by atoms with Crippen molar-refractivity contribution in [3.05, 3.63) is 0 Å². The number of nitrogens with zero attached hydrogens (tertiary/aromatic N) is 1. The van der Waals surface area contributed by atoms with Crippen LogP contribution in [0.25, 0.3) is 0 Å². The van der Waals surface area contributed by atoms with Crippen LogP contribution in [-0.2, 0) is 4.79 Å². The van der Waals surface area contributed by atoms with E-state index in [1.165, 1.54) is 25.9 Å². The largest absolute Gasteiger partial charge is 0.353 e. The minimum atomic E-state index is -0.481. The molecule has 1 rings (SSSR count). The Hall–Kier alpha value is -0.610. The van der Waals surface area contributed by atoms with Crippen LogP contribution in [0.1, 0.15) is 33.6 Å². The second-order valence-electron chi connectivity index (χ2n) is 5.18. The van der Waals surface area contributed by atoms with Crippen molar-refractivity contribution in [2.75, 3.05) is 26.7 Å². The highest BCUT2D eigenvalue weighted by molar-refractivity contribution is 5.85. The van der Waals surface area contributed by atoms with Gasteiger partial charge < -0.3 is 10.6 Å². The number of hydrogen-bond donors (Lipinski definition) is 2. The number of amides is 1. The molecule has 1 heterocycles. The SMILES string of the molecule is CNC(C)(C)C(=O)NCC(C)N1CCCC1. The molecule has 0 aromatic rings. The van der Waals surface area contributed by atoms with Crippen LogP contribution >= 0.6 is 0 Å². The molecule has 2 N–H and O–H groups in total. The van der Waals surface area contributed by atoms with Crippen LogP contribution < -0.4 is 10.6 Å². The van der Waals surface area contributed by atoms with Gasteiger partial charge in [-0.05, 0) is 53.8 Å². The maximum atomic E-state index is 11.8. The normalized spacial score (nSPS) is 19.8. The van der Waals surface area contributed by atoms with Crippen LogP contribution in [0.2, 0.25) is 0 Å². The minimum Gasteiger partial charge on any atom is -0.353 e. The fourth-order valence-electron chi connectivity index (χ4n) is 1.89. The number of hydrogen-bond acceptors (Lipinski definition) is 3. The van der Waals surface area contributed by atoms with Crippen LogP contribution in [-0.4, -0.2) is 49.1 Å². The zero-order valence-corrected chi connectivity index (χ0v) is 11.0. The third-order valence-electron chi connectivity index (χ3n) is 3.51. The summed E-state index contributed by atoms with van der Waals surface area (Å²) in [5.74, 6) is 0.0704. The molecule has 0 bridgehead atoms. The summed E-state index contributed by atoms with van der Waals surface area (Å²) in [7, 11) is 1.81. The van der Waals surface area contributed by atoms with Gasteiger partial charge in [0.2, 0.25) is 5.91 Å². The van der Waals surface area contributed by atoms with E-state index in [4.69, 9.17) is 0 Å². The van der Waals surface area contributed by atoms with E-state index in [1.807, 2.05) is 20.9 Å². The van der Waals surface area contributed by atoms with E-state index in [-0.39, 0.29) is 5.91 Å². The summed E-state index contributed by atoms with van der Waals surface area (Å²) in [6.07, 6.45) is 2.58. The number of likely N-dealkylation sites (N-methyl/N-ethyl adjacent to an activating group) is 1. The summed E-state index contributed by atoms with van der Waals surface area (Å²) in [5, 5.41) is 6.02. The Bertz CT molecular complexity index is 234. The van der Waals surface area contributed by atoms with Crippen molar-refractivity contribution in [2.24, 2.45) is 0 Å². The van der Waals surface area contributed by atoms with Crippen molar-refractivity contribution < 1.29 is 4.79 Å². The smallest absolute Gasteiger partial charge is 0.239 e. The molecule has 1 amide bonds. The predicted octanol–water partition coefficient (Wildman–Crippen LogP) is 0.585. The van der Waals surface area contributed by atoms with Crippen LogP contribution in [0.3, 0.4) is 0 Å². The first-order valence-corrected chi connectivity index (χ1v) is 6.18. The van der Waals surface area contributed by atoms with Crippen LogP contribution in [0, 0.1) is 0 Å². The fourth-order valence-corrected chi connectivity index (χ4v) is 1.89. The summed E-state index contributed by atoms with van der Waals surface area (Å²) in [5.41, 5.74) is -0.481. The molecule has 1 fully saturated rings. The Morgan fingerprint density at radius 2 is 1.94 bits per heavy atom. The average Bonchev–Trinajstić information content (AvgIpc) is 2.78. The summed E-state index contributed by atoms with van der Waals surface area (Å²) in [6, 6.07) is 0.444. The lowest BCUT2D eigenvalue weighted by atomic mass is 10.1. The fraction of sp³-hybridized carbons (Fsp3) is 0.917. The van der Waals surface area contributed by atoms with E-state index in [0.717, 1.165) is 6.54 Å². The highest BCUT2D eigenvalue weighted by Crippen LogP contribution is 2.11. The third-order valence-corrected chi connectivity index (χ3v) is 3.51. The van der Waals surface area contributed by atoms with Gasteiger partial charge in [0.15, 0.2) is 0 Å². The molecule has 94 valence electrons. The van der Waals surface area contributed by atoms with Gasteiger partial charge in [-0.1, -0.05) is 0 Å². The highest BCUT2D eigenvalue weighted by Gasteiger charge is 2.26. The van der Waals surface area contributed by atoms with Gasteiger partial charge in [0.05, 0.1) is 5.54 Å². The molecule has 1 unspecified atom stereocenters. The maximum absolute atomic E-state index is 11.8. The first-order chi connectivity index (χ1) is 7.47.